The Morgan fingerprint density at radius 2 is 1.68 bits per heavy atom. The Labute approximate surface area is 144 Å². The molecule has 7 heteroatoms. The van der Waals surface area contributed by atoms with Gasteiger partial charge in [0.05, 0.1) is 26.7 Å². The van der Waals surface area contributed by atoms with E-state index in [-0.39, 0.29) is 30.9 Å². The summed E-state index contributed by atoms with van der Waals surface area (Å²) in [4.78, 5) is 2.34. The van der Waals surface area contributed by atoms with Crippen LogP contribution in [0.3, 0.4) is 0 Å². The van der Waals surface area contributed by atoms with Crippen molar-refractivity contribution in [3.05, 3.63) is 23.8 Å². The maximum Gasteiger partial charge on any atom is 0.122 e. The fourth-order valence-electron chi connectivity index (χ4n) is 2.56. The summed E-state index contributed by atoms with van der Waals surface area (Å²) in [6.07, 6.45) is 0.469. The zero-order valence-corrected chi connectivity index (χ0v) is 14.5. The number of nitrogens with zero attached hydrogens (tertiary/aromatic N) is 2. The number of nitriles is 1. The maximum atomic E-state index is 9.13. The van der Waals surface area contributed by atoms with Gasteiger partial charge in [0.1, 0.15) is 11.5 Å². The Morgan fingerprint density at radius 3 is 2.14 bits per heavy atom. The lowest BCUT2D eigenvalue weighted by Crippen LogP contribution is -2.45. The third-order valence-corrected chi connectivity index (χ3v) is 3.64. The highest BCUT2D eigenvalue weighted by molar-refractivity contribution is 5.85. The van der Waals surface area contributed by atoms with Gasteiger partial charge in [-0.05, 0) is 17.7 Å². The molecule has 0 spiro atoms. The minimum atomic E-state index is 0. The molecule has 1 aromatic carbocycles. The van der Waals surface area contributed by atoms with Crippen LogP contribution < -0.4 is 14.8 Å². The van der Waals surface area contributed by atoms with Crippen LogP contribution in [0.4, 0.5) is 0 Å². The lowest BCUT2D eigenvalue weighted by Gasteiger charge is -2.34. The number of halogens is 2. The van der Waals surface area contributed by atoms with Gasteiger partial charge in [0, 0.05) is 38.3 Å². The zero-order chi connectivity index (χ0) is 14.4. The number of hydrogen-bond acceptors (Lipinski definition) is 5. The Hall–Kier alpha value is -1.19. The molecule has 5 nitrogen and oxygen atoms in total. The first kappa shape index (κ1) is 20.8. The molecule has 1 atom stereocenters. The van der Waals surface area contributed by atoms with Crippen LogP contribution in [0.15, 0.2) is 18.2 Å². The van der Waals surface area contributed by atoms with Crippen molar-refractivity contribution in [1.29, 1.82) is 5.26 Å². The number of rotatable bonds is 5. The quantitative estimate of drug-likeness (QED) is 0.886. The number of piperazine rings is 1. The average Bonchev–Trinajstić information content (AvgIpc) is 2.52. The Kier molecular flexibility index (Phi) is 9.95. The molecule has 1 aliphatic rings. The van der Waals surface area contributed by atoms with E-state index in [1.54, 1.807) is 14.2 Å². The second-order valence-corrected chi connectivity index (χ2v) is 4.81. The minimum Gasteiger partial charge on any atom is -0.497 e. The zero-order valence-electron chi connectivity index (χ0n) is 12.9. The molecule has 0 bridgehead atoms. The van der Waals surface area contributed by atoms with Crippen LogP contribution in [0, 0.1) is 11.3 Å². The van der Waals surface area contributed by atoms with Gasteiger partial charge in [-0.25, -0.2) is 0 Å². The Balaban J connectivity index is 0.00000220. The molecule has 0 aromatic heterocycles. The van der Waals surface area contributed by atoms with Gasteiger partial charge in [-0.15, -0.1) is 24.8 Å². The van der Waals surface area contributed by atoms with Crippen LogP contribution in [0.25, 0.3) is 0 Å². The number of benzene rings is 1. The smallest absolute Gasteiger partial charge is 0.122 e. The highest BCUT2D eigenvalue weighted by Crippen LogP contribution is 2.31. The molecule has 1 heterocycles. The predicted molar refractivity (Wildman–Crippen MR) is 91.5 cm³/mol. The van der Waals surface area contributed by atoms with Gasteiger partial charge in [0.2, 0.25) is 0 Å². The van der Waals surface area contributed by atoms with Crippen LogP contribution in [0.2, 0.25) is 0 Å². The predicted octanol–water partition coefficient (Wildman–Crippen LogP) is 2.41. The molecule has 1 saturated heterocycles. The normalized spacial score (nSPS) is 15.7. The lowest BCUT2D eigenvalue weighted by atomic mass is 10.0. The van der Waals surface area contributed by atoms with E-state index in [9.17, 15) is 0 Å². The molecule has 0 saturated carbocycles. The van der Waals surface area contributed by atoms with Crippen molar-refractivity contribution in [1.82, 2.24) is 10.2 Å². The van der Waals surface area contributed by atoms with Crippen molar-refractivity contribution in [2.24, 2.45) is 0 Å². The third kappa shape index (κ3) is 5.22. The van der Waals surface area contributed by atoms with Crippen molar-refractivity contribution >= 4 is 24.8 Å². The molecule has 0 unspecified atom stereocenters. The van der Waals surface area contributed by atoms with E-state index in [1.165, 1.54) is 0 Å². The van der Waals surface area contributed by atoms with Gasteiger partial charge in [-0.3, -0.25) is 4.90 Å². The van der Waals surface area contributed by atoms with Crippen LogP contribution in [0.5, 0.6) is 11.5 Å². The molecule has 0 amide bonds. The molecular weight excluding hydrogens is 325 g/mol. The van der Waals surface area contributed by atoms with Gasteiger partial charge >= 0.3 is 0 Å². The summed E-state index contributed by atoms with van der Waals surface area (Å²) in [5.41, 5.74) is 1.07. The summed E-state index contributed by atoms with van der Waals surface area (Å²) >= 11 is 0. The van der Waals surface area contributed by atoms with E-state index < -0.39 is 0 Å². The molecule has 1 fully saturated rings. The first-order valence-corrected chi connectivity index (χ1v) is 6.83. The number of nitrogens with one attached hydrogen (secondary N) is 1. The van der Waals surface area contributed by atoms with Gasteiger partial charge < -0.3 is 14.8 Å². The number of hydrogen-bond donors (Lipinski definition) is 1. The molecule has 1 aliphatic heterocycles. The maximum absolute atomic E-state index is 9.13. The second kappa shape index (κ2) is 10.5. The van der Waals surface area contributed by atoms with Gasteiger partial charge in [0.25, 0.3) is 0 Å². The largest absolute Gasteiger partial charge is 0.497 e. The monoisotopic (exact) mass is 347 g/mol. The van der Waals surface area contributed by atoms with Crippen LogP contribution >= 0.6 is 24.8 Å². The van der Waals surface area contributed by atoms with E-state index in [1.807, 2.05) is 18.2 Å². The van der Waals surface area contributed by atoms with E-state index in [4.69, 9.17) is 14.7 Å². The van der Waals surface area contributed by atoms with Crippen molar-refractivity contribution in [3.8, 4) is 17.6 Å². The average molecular weight is 348 g/mol. The number of ether oxygens (including phenoxy) is 2. The third-order valence-electron chi connectivity index (χ3n) is 3.64. The molecule has 0 aliphatic carbocycles. The molecular formula is C15H23Cl2N3O2. The summed E-state index contributed by atoms with van der Waals surface area (Å²) in [5, 5.41) is 12.5. The van der Waals surface area contributed by atoms with Crippen LogP contribution in [0.1, 0.15) is 18.0 Å². The van der Waals surface area contributed by atoms with Crippen molar-refractivity contribution < 1.29 is 9.47 Å². The van der Waals surface area contributed by atoms with Gasteiger partial charge in [-0.2, -0.15) is 5.26 Å². The molecule has 1 N–H and O–H groups in total. The summed E-state index contributed by atoms with van der Waals surface area (Å²) in [5.74, 6) is 1.52. The fraction of sp³-hybridized carbons (Fsp3) is 0.533. The first-order valence-electron chi connectivity index (χ1n) is 6.83. The number of methoxy groups -OCH3 is 2. The molecule has 124 valence electrons. The van der Waals surface area contributed by atoms with E-state index >= 15 is 0 Å². The SMILES string of the molecule is COc1cc(OC)cc([C@H](CC#N)N2CCNCC2)c1.Cl.Cl. The standard InChI is InChI=1S/C15H21N3O2.2ClH/c1-19-13-9-12(10-14(11-13)20-2)15(3-4-16)18-7-5-17-6-8-18;;/h9-11,15,17H,3,5-8H2,1-2H3;2*1H/t15-;;/m0../s1. The van der Waals surface area contributed by atoms with Crippen LogP contribution in [-0.4, -0.2) is 45.3 Å². The van der Waals surface area contributed by atoms with Crippen molar-refractivity contribution in [2.45, 2.75) is 12.5 Å². The lowest BCUT2D eigenvalue weighted by molar-refractivity contribution is 0.175. The molecule has 2 rings (SSSR count). The van der Waals surface area contributed by atoms with Gasteiger partial charge in [-0.1, -0.05) is 0 Å². The molecule has 0 radical (unpaired) electrons. The summed E-state index contributed by atoms with van der Waals surface area (Å²) in [6.45, 7) is 3.82. The highest BCUT2D eigenvalue weighted by Gasteiger charge is 2.23. The van der Waals surface area contributed by atoms with Crippen molar-refractivity contribution in [3.63, 3.8) is 0 Å². The van der Waals surface area contributed by atoms with E-state index in [0.29, 0.717) is 6.42 Å². The summed E-state index contributed by atoms with van der Waals surface area (Å²) in [7, 11) is 3.28. The molecule has 1 aromatic rings. The Morgan fingerprint density at radius 1 is 1.14 bits per heavy atom. The van der Waals surface area contributed by atoms with E-state index in [2.05, 4.69) is 16.3 Å². The van der Waals surface area contributed by atoms with Crippen molar-refractivity contribution in [2.75, 3.05) is 40.4 Å². The Bertz CT molecular complexity index is 466. The topological polar surface area (TPSA) is 57.5 Å². The highest BCUT2D eigenvalue weighted by atomic mass is 35.5. The second-order valence-electron chi connectivity index (χ2n) is 4.81. The molecule has 22 heavy (non-hydrogen) atoms. The summed E-state index contributed by atoms with van der Waals surface area (Å²) in [6, 6.07) is 8.22. The van der Waals surface area contributed by atoms with Gasteiger partial charge in [0.15, 0.2) is 0 Å². The fourth-order valence-corrected chi connectivity index (χ4v) is 2.56. The van der Waals surface area contributed by atoms with Crippen LogP contribution in [-0.2, 0) is 0 Å². The summed E-state index contributed by atoms with van der Waals surface area (Å²) < 4.78 is 10.6. The first-order chi connectivity index (χ1) is 9.78. The minimum absolute atomic E-state index is 0. The van der Waals surface area contributed by atoms with E-state index in [0.717, 1.165) is 43.2 Å².